The van der Waals surface area contributed by atoms with E-state index < -0.39 is 11.2 Å². The molecular weight excluding hydrogens is 400 g/mol. The lowest BCUT2D eigenvalue weighted by Gasteiger charge is -2.38. The van der Waals surface area contributed by atoms with E-state index in [1.807, 2.05) is 25.1 Å². The van der Waals surface area contributed by atoms with Gasteiger partial charge in [-0.3, -0.25) is 4.98 Å². The zero-order valence-corrected chi connectivity index (χ0v) is 17.7. The molecule has 3 aromatic rings. The average Bonchev–Trinajstić information content (AvgIpc) is 3.14. The maximum atomic E-state index is 12.4. The third-order valence-electron chi connectivity index (χ3n) is 5.72. The van der Waals surface area contributed by atoms with Crippen molar-refractivity contribution in [3.63, 3.8) is 0 Å². The highest BCUT2D eigenvalue weighted by Crippen LogP contribution is 2.48. The molecule has 1 saturated heterocycles. The molecule has 30 heavy (non-hydrogen) atoms. The van der Waals surface area contributed by atoms with E-state index in [-0.39, 0.29) is 5.41 Å². The molecule has 1 atom stereocenters. The molecule has 2 aliphatic rings. The number of pyridine rings is 1. The van der Waals surface area contributed by atoms with Crippen molar-refractivity contribution in [1.29, 1.82) is 0 Å². The number of nitrogens with zero attached hydrogens (tertiary/aromatic N) is 4. The number of fused-ring (bicyclic) bond motifs is 2. The third kappa shape index (κ3) is 3.12. The van der Waals surface area contributed by atoms with Crippen LogP contribution in [0.2, 0.25) is 0 Å². The summed E-state index contributed by atoms with van der Waals surface area (Å²) >= 11 is -1.01. The Labute approximate surface area is 178 Å². The molecule has 1 spiro atoms. The summed E-state index contributed by atoms with van der Waals surface area (Å²) in [5.41, 5.74) is 3.77. The van der Waals surface area contributed by atoms with Gasteiger partial charge in [-0.1, -0.05) is 6.07 Å². The van der Waals surface area contributed by atoms with Gasteiger partial charge in [0, 0.05) is 42.8 Å². The lowest BCUT2D eigenvalue weighted by atomic mass is 9.81. The lowest BCUT2D eigenvalue weighted by molar-refractivity contribution is -0.0507. The Morgan fingerprint density at radius 1 is 1.17 bits per heavy atom. The normalized spacial score (nSPS) is 17.5. The van der Waals surface area contributed by atoms with Crippen molar-refractivity contribution >= 4 is 22.8 Å². The summed E-state index contributed by atoms with van der Waals surface area (Å²) < 4.78 is 23.2. The van der Waals surface area contributed by atoms with Gasteiger partial charge in [0.1, 0.15) is 11.5 Å². The molecule has 7 nitrogen and oxygen atoms in total. The summed E-state index contributed by atoms with van der Waals surface area (Å²) in [5.74, 6) is 1.94. The Morgan fingerprint density at radius 3 is 2.63 bits per heavy atom. The number of methoxy groups -OCH3 is 1. The number of rotatable bonds is 5. The summed E-state index contributed by atoms with van der Waals surface area (Å²) in [7, 11) is 1.63. The van der Waals surface area contributed by atoms with Gasteiger partial charge in [0.25, 0.3) is 0 Å². The minimum absolute atomic E-state index is 0.0437. The van der Waals surface area contributed by atoms with E-state index in [9.17, 15) is 4.55 Å². The van der Waals surface area contributed by atoms with Crippen LogP contribution in [0.3, 0.4) is 0 Å². The zero-order chi connectivity index (χ0) is 20.7. The summed E-state index contributed by atoms with van der Waals surface area (Å²) in [6.07, 6.45) is 5.26. The quantitative estimate of drug-likeness (QED) is 0.584. The first-order valence-electron chi connectivity index (χ1n) is 9.84. The van der Waals surface area contributed by atoms with E-state index >= 15 is 0 Å². The molecule has 4 heterocycles. The van der Waals surface area contributed by atoms with E-state index in [2.05, 4.69) is 25.9 Å². The van der Waals surface area contributed by atoms with Crippen LogP contribution in [0.1, 0.15) is 12.5 Å². The van der Waals surface area contributed by atoms with Crippen LogP contribution in [0.5, 0.6) is 5.75 Å². The van der Waals surface area contributed by atoms with Crippen molar-refractivity contribution in [2.24, 2.45) is 0 Å². The number of benzene rings is 1. The molecule has 2 aliphatic heterocycles. The molecule has 8 heteroatoms. The minimum Gasteiger partial charge on any atom is -0.611 e. The molecule has 0 aliphatic carbocycles. The molecule has 0 amide bonds. The number of aromatic nitrogens is 3. The molecular formula is C22H22N4O3S. The van der Waals surface area contributed by atoms with Gasteiger partial charge in [-0.25, -0.2) is 9.97 Å². The van der Waals surface area contributed by atoms with E-state index in [0.717, 1.165) is 34.1 Å². The standard InChI is InChI=1S/C22H22N4O3S/c1-3-30(27)17-4-5-18-20(9-17)26(12-22(18)13-29-14-22)21-24-10-15(11-25-21)19-8-16(28-2)6-7-23-19/h4-11H,3,12-14H2,1-2H3. The summed E-state index contributed by atoms with van der Waals surface area (Å²) in [6, 6.07) is 9.74. The first kappa shape index (κ1) is 19.3. The van der Waals surface area contributed by atoms with Crippen LogP contribution in [0.15, 0.2) is 53.8 Å². The second kappa shape index (κ2) is 7.54. The molecule has 0 N–H and O–H groups in total. The van der Waals surface area contributed by atoms with Gasteiger partial charge in [-0.15, -0.1) is 0 Å². The Morgan fingerprint density at radius 2 is 1.97 bits per heavy atom. The number of anilines is 2. The molecule has 5 rings (SSSR count). The molecule has 0 radical (unpaired) electrons. The van der Waals surface area contributed by atoms with Gasteiger partial charge < -0.3 is 18.9 Å². The minimum atomic E-state index is -1.01. The van der Waals surface area contributed by atoms with Gasteiger partial charge in [0.05, 0.1) is 37.1 Å². The van der Waals surface area contributed by atoms with Crippen molar-refractivity contribution in [3.05, 3.63) is 54.5 Å². The van der Waals surface area contributed by atoms with Crippen LogP contribution in [0.4, 0.5) is 11.6 Å². The van der Waals surface area contributed by atoms with Crippen molar-refractivity contribution in [1.82, 2.24) is 15.0 Å². The van der Waals surface area contributed by atoms with E-state index in [0.29, 0.717) is 24.9 Å². The molecule has 2 aromatic heterocycles. The van der Waals surface area contributed by atoms with Crippen LogP contribution in [0, 0.1) is 0 Å². The van der Waals surface area contributed by atoms with Crippen LogP contribution in [-0.2, 0) is 21.3 Å². The molecule has 1 fully saturated rings. The molecule has 0 bridgehead atoms. The second-order valence-electron chi connectivity index (χ2n) is 7.53. The molecule has 154 valence electrons. The van der Waals surface area contributed by atoms with Crippen LogP contribution < -0.4 is 9.64 Å². The van der Waals surface area contributed by atoms with Gasteiger partial charge in [-0.05, 0) is 35.8 Å². The number of hydrogen-bond acceptors (Lipinski definition) is 7. The Bertz CT molecular complexity index is 1070. The molecule has 1 aromatic carbocycles. The fourth-order valence-electron chi connectivity index (χ4n) is 4.03. The van der Waals surface area contributed by atoms with Gasteiger partial charge >= 0.3 is 0 Å². The smallest absolute Gasteiger partial charge is 0.229 e. The van der Waals surface area contributed by atoms with Crippen molar-refractivity contribution < 1.29 is 14.0 Å². The fraction of sp³-hybridized carbons (Fsp3) is 0.318. The highest BCUT2D eigenvalue weighted by atomic mass is 32.2. The van der Waals surface area contributed by atoms with E-state index in [1.165, 1.54) is 5.56 Å². The Balaban J connectivity index is 1.50. The van der Waals surface area contributed by atoms with Crippen LogP contribution >= 0.6 is 0 Å². The van der Waals surface area contributed by atoms with Gasteiger partial charge in [0.15, 0.2) is 4.90 Å². The van der Waals surface area contributed by atoms with Crippen LogP contribution in [0.25, 0.3) is 11.3 Å². The molecule has 0 saturated carbocycles. The van der Waals surface area contributed by atoms with Crippen molar-refractivity contribution in [2.45, 2.75) is 17.2 Å². The van der Waals surface area contributed by atoms with Crippen LogP contribution in [-0.4, -0.2) is 52.1 Å². The topological polar surface area (TPSA) is 83.4 Å². The maximum Gasteiger partial charge on any atom is 0.229 e. The average molecular weight is 423 g/mol. The highest BCUT2D eigenvalue weighted by molar-refractivity contribution is 7.91. The Hall–Kier alpha value is -2.68. The molecule has 1 unspecified atom stereocenters. The largest absolute Gasteiger partial charge is 0.611 e. The predicted molar refractivity (Wildman–Crippen MR) is 115 cm³/mol. The highest BCUT2D eigenvalue weighted by Gasteiger charge is 2.49. The Kier molecular flexibility index (Phi) is 4.85. The summed E-state index contributed by atoms with van der Waals surface area (Å²) in [6.45, 7) is 4.04. The van der Waals surface area contributed by atoms with E-state index in [1.54, 1.807) is 31.8 Å². The number of hydrogen-bond donors (Lipinski definition) is 0. The fourth-order valence-corrected chi connectivity index (χ4v) is 4.82. The lowest BCUT2D eigenvalue weighted by Crippen LogP contribution is -2.49. The third-order valence-corrected chi connectivity index (χ3v) is 7.02. The first-order valence-corrected chi connectivity index (χ1v) is 11.2. The summed E-state index contributed by atoms with van der Waals surface area (Å²) in [5, 5.41) is 0. The van der Waals surface area contributed by atoms with E-state index in [4.69, 9.17) is 9.47 Å². The zero-order valence-electron chi connectivity index (χ0n) is 16.9. The number of ether oxygens (including phenoxy) is 2. The summed E-state index contributed by atoms with van der Waals surface area (Å²) in [4.78, 5) is 16.6. The first-order chi connectivity index (χ1) is 14.6. The van der Waals surface area contributed by atoms with Gasteiger partial charge in [0.2, 0.25) is 5.95 Å². The monoisotopic (exact) mass is 422 g/mol. The maximum absolute atomic E-state index is 12.4. The van der Waals surface area contributed by atoms with Gasteiger partial charge in [-0.2, -0.15) is 0 Å². The predicted octanol–water partition coefficient (Wildman–Crippen LogP) is 3.09. The van der Waals surface area contributed by atoms with Crippen molar-refractivity contribution in [2.75, 3.05) is 37.5 Å². The van der Waals surface area contributed by atoms with Crippen molar-refractivity contribution in [3.8, 4) is 17.0 Å². The second-order valence-corrected chi connectivity index (χ2v) is 9.26. The SMILES string of the molecule is CC[S+]([O-])c1ccc2c(c1)N(c1ncc(-c3cc(OC)ccn3)cn1)CC21COC1.